The number of halogens is 1. The molecule has 0 saturated heterocycles. The highest BCUT2D eigenvalue weighted by atomic mass is 35.5. The third-order valence-corrected chi connectivity index (χ3v) is 4.01. The highest BCUT2D eigenvalue weighted by Crippen LogP contribution is 2.28. The molecule has 2 heterocycles. The molecule has 7 heteroatoms. The summed E-state index contributed by atoms with van der Waals surface area (Å²) in [5.41, 5.74) is 2.47. The van der Waals surface area contributed by atoms with E-state index in [4.69, 9.17) is 16.7 Å². The Labute approximate surface area is 129 Å². The van der Waals surface area contributed by atoms with Gasteiger partial charge in [-0.05, 0) is 30.3 Å². The van der Waals surface area contributed by atoms with Gasteiger partial charge in [0, 0.05) is 16.9 Å². The van der Waals surface area contributed by atoms with Crippen LogP contribution in [0.15, 0.2) is 47.9 Å². The van der Waals surface area contributed by atoms with E-state index in [1.165, 1.54) is 11.8 Å². The number of rotatable bonds is 4. The minimum atomic E-state index is -0.882. The Kier molecular flexibility index (Phi) is 3.81. The number of carboxylic acid groups (broad SMARTS) is 1. The normalized spacial score (nSPS) is 10.9. The molecule has 106 valence electrons. The van der Waals surface area contributed by atoms with Crippen molar-refractivity contribution in [2.75, 3.05) is 5.75 Å². The first-order valence-corrected chi connectivity index (χ1v) is 7.44. The Morgan fingerprint density at radius 1 is 1.29 bits per heavy atom. The molecule has 0 radical (unpaired) electrons. The van der Waals surface area contributed by atoms with Crippen LogP contribution in [-0.4, -0.2) is 31.4 Å². The summed E-state index contributed by atoms with van der Waals surface area (Å²) in [5.74, 6) is -0.933. The number of pyridine rings is 1. The van der Waals surface area contributed by atoms with E-state index >= 15 is 0 Å². The van der Waals surface area contributed by atoms with E-state index in [1.54, 1.807) is 24.5 Å². The Morgan fingerprint density at radius 2 is 2.05 bits per heavy atom. The second-order valence-corrected chi connectivity index (χ2v) is 5.63. The number of carbonyl (C=O) groups is 1. The van der Waals surface area contributed by atoms with Crippen LogP contribution in [0.1, 0.15) is 0 Å². The first kappa shape index (κ1) is 13.9. The fourth-order valence-corrected chi connectivity index (χ4v) is 2.85. The van der Waals surface area contributed by atoms with Gasteiger partial charge in [-0.3, -0.25) is 14.3 Å². The average molecular weight is 320 g/mol. The summed E-state index contributed by atoms with van der Waals surface area (Å²) in [6, 6.07) is 9.16. The molecule has 0 bridgehead atoms. The van der Waals surface area contributed by atoms with Crippen molar-refractivity contribution in [1.82, 2.24) is 14.5 Å². The molecule has 0 amide bonds. The molecule has 0 atom stereocenters. The highest BCUT2D eigenvalue weighted by Gasteiger charge is 2.14. The van der Waals surface area contributed by atoms with E-state index < -0.39 is 5.97 Å². The molecule has 0 aliphatic carbocycles. The van der Waals surface area contributed by atoms with Crippen LogP contribution in [0.5, 0.6) is 0 Å². The quantitative estimate of drug-likeness (QED) is 0.748. The molecular formula is C14H10ClN3O2S. The van der Waals surface area contributed by atoms with Gasteiger partial charge in [0.2, 0.25) is 0 Å². The highest BCUT2D eigenvalue weighted by molar-refractivity contribution is 7.99. The van der Waals surface area contributed by atoms with Crippen molar-refractivity contribution in [3.05, 3.63) is 47.7 Å². The standard InChI is InChI=1S/C14H10ClN3O2S/c15-9-1-3-10(4-2-9)18-12-5-6-16-7-11(12)17-14(18)21-8-13(19)20/h1-7H,8H2,(H,19,20). The number of fused-ring (bicyclic) bond motifs is 1. The van der Waals surface area contributed by atoms with E-state index in [0.717, 1.165) is 16.7 Å². The molecular weight excluding hydrogens is 310 g/mol. The second kappa shape index (κ2) is 5.75. The average Bonchev–Trinajstić information content (AvgIpc) is 2.84. The van der Waals surface area contributed by atoms with Crippen LogP contribution in [0.4, 0.5) is 0 Å². The SMILES string of the molecule is O=C(O)CSc1nc2cnccc2n1-c1ccc(Cl)cc1. The molecule has 5 nitrogen and oxygen atoms in total. The topological polar surface area (TPSA) is 68.0 Å². The van der Waals surface area contributed by atoms with Crippen LogP contribution < -0.4 is 0 Å². The van der Waals surface area contributed by atoms with Crippen molar-refractivity contribution in [2.24, 2.45) is 0 Å². The van der Waals surface area contributed by atoms with Gasteiger partial charge in [-0.2, -0.15) is 0 Å². The molecule has 1 N–H and O–H groups in total. The number of imidazole rings is 1. The molecule has 0 unspecified atom stereocenters. The minimum Gasteiger partial charge on any atom is -0.481 e. The largest absolute Gasteiger partial charge is 0.481 e. The van der Waals surface area contributed by atoms with Gasteiger partial charge < -0.3 is 5.11 Å². The molecule has 3 rings (SSSR count). The number of hydrogen-bond donors (Lipinski definition) is 1. The summed E-state index contributed by atoms with van der Waals surface area (Å²) in [4.78, 5) is 19.3. The van der Waals surface area contributed by atoms with Gasteiger partial charge in [0.25, 0.3) is 0 Å². The molecule has 21 heavy (non-hydrogen) atoms. The number of thioether (sulfide) groups is 1. The maximum Gasteiger partial charge on any atom is 0.313 e. The van der Waals surface area contributed by atoms with Crippen molar-refractivity contribution in [2.45, 2.75) is 5.16 Å². The van der Waals surface area contributed by atoms with Gasteiger partial charge in [0.15, 0.2) is 5.16 Å². The van der Waals surface area contributed by atoms with Crippen LogP contribution in [0.25, 0.3) is 16.7 Å². The maximum atomic E-state index is 10.8. The summed E-state index contributed by atoms with van der Waals surface area (Å²) in [6.07, 6.45) is 3.34. The molecule has 1 aromatic carbocycles. The number of hydrogen-bond acceptors (Lipinski definition) is 4. The number of aromatic nitrogens is 3. The summed E-state index contributed by atoms with van der Waals surface area (Å²) in [6.45, 7) is 0. The molecule has 0 fully saturated rings. The summed E-state index contributed by atoms with van der Waals surface area (Å²) >= 11 is 7.09. The predicted molar refractivity (Wildman–Crippen MR) is 82.2 cm³/mol. The fraction of sp³-hybridized carbons (Fsp3) is 0.0714. The summed E-state index contributed by atoms with van der Waals surface area (Å²) in [5, 5.41) is 10.1. The van der Waals surface area contributed by atoms with Gasteiger partial charge in [-0.15, -0.1) is 0 Å². The van der Waals surface area contributed by atoms with E-state index in [9.17, 15) is 4.79 Å². The molecule has 0 spiro atoms. The number of nitrogens with zero attached hydrogens (tertiary/aromatic N) is 3. The van der Waals surface area contributed by atoms with E-state index in [1.807, 2.05) is 22.8 Å². The lowest BCUT2D eigenvalue weighted by Gasteiger charge is -2.08. The monoisotopic (exact) mass is 319 g/mol. The second-order valence-electron chi connectivity index (χ2n) is 4.25. The number of aliphatic carboxylic acids is 1. The van der Waals surface area contributed by atoms with Crippen LogP contribution in [0.2, 0.25) is 5.02 Å². The lowest BCUT2D eigenvalue weighted by Crippen LogP contribution is -2.01. The number of carboxylic acids is 1. The van der Waals surface area contributed by atoms with Crippen molar-refractivity contribution < 1.29 is 9.90 Å². The lowest BCUT2D eigenvalue weighted by atomic mass is 10.3. The fourth-order valence-electron chi connectivity index (χ4n) is 1.97. The van der Waals surface area contributed by atoms with Crippen molar-refractivity contribution in [3.63, 3.8) is 0 Å². The first-order chi connectivity index (χ1) is 10.1. The van der Waals surface area contributed by atoms with Gasteiger partial charge >= 0.3 is 5.97 Å². The van der Waals surface area contributed by atoms with Gasteiger partial charge in [-0.1, -0.05) is 23.4 Å². The summed E-state index contributed by atoms with van der Waals surface area (Å²) < 4.78 is 1.90. The molecule has 0 aliphatic rings. The van der Waals surface area contributed by atoms with Crippen molar-refractivity contribution >= 4 is 40.4 Å². The van der Waals surface area contributed by atoms with Gasteiger partial charge in [0.1, 0.15) is 5.52 Å². The molecule has 0 aliphatic heterocycles. The molecule has 3 aromatic rings. The molecule has 2 aromatic heterocycles. The van der Waals surface area contributed by atoms with E-state index in [-0.39, 0.29) is 5.75 Å². The van der Waals surface area contributed by atoms with E-state index in [0.29, 0.717) is 10.2 Å². The third-order valence-electron chi connectivity index (χ3n) is 2.84. The summed E-state index contributed by atoms with van der Waals surface area (Å²) in [7, 11) is 0. The van der Waals surface area contributed by atoms with E-state index in [2.05, 4.69) is 9.97 Å². The van der Waals surface area contributed by atoms with Crippen LogP contribution in [0, 0.1) is 0 Å². The van der Waals surface area contributed by atoms with Crippen LogP contribution >= 0.6 is 23.4 Å². The molecule has 0 saturated carbocycles. The zero-order valence-electron chi connectivity index (χ0n) is 10.7. The van der Waals surface area contributed by atoms with Crippen molar-refractivity contribution in [3.8, 4) is 5.69 Å². The van der Waals surface area contributed by atoms with Crippen molar-refractivity contribution in [1.29, 1.82) is 0 Å². The number of benzene rings is 1. The predicted octanol–water partition coefficient (Wildman–Crippen LogP) is 3.25. The Balaban J connectivity index is 2.15. The Hall–Kier alpha value is -2.05. The third kappa shape index (κ3) is 2.86. The van der Waals surface area contributed by atoms with Crippen LogP contribution in [-0.2, 0) is 4.79 Å². The zero-order chi connectivity index (χ0) is 14.8. The smallest absolute Gasteiger partial charge is 0.313 e. The minimum absolute atomic E-state index is 0.0512. The Morgan fingerprint density at radius 3 is 2.76 bits per heavy atom. The lowest BCUT2D eigenvalue weighted by molar-refractivity contribution is -0.133. The van der Waals surface area contributed by atoms with Crippen LogP contribution in [0.3, 0.4) is 0 Å². The van der Waals surface area contributed by atoms with Gasteiger partial charge in [-0.25, -0.2) is 4.98 Å². The maximum absolute atomic E-state index is 10.8. The first-order valence-electron chi connectivity index (χ1n) is 6.08. The van der Waals surface area contributed by atoms with Gasteiger partial charge in [0.05, 0.1) is 17.5 Å². The Bertz CT molecular complexity index is 802. The zero-order valence-corrected chi connectivity index (χ0v) is 12.3.